The molecule has 2 N–H and O–H groups in total. The second-order valence-corrected chi connectivity index (χ2v) is 4.48. The minimum Gasteiger partial charge on any atom is -0.327 e. The highest BCUT2D eigenvalue weighted by Crippen LogP contribution is 2.32. The van der Waals surface area contributed by atoms with Crippen molar-refractivity contribution in [1.82, 2.24) is 4.98 Å². The van der Waals surface area contributed by atoms with E-state index in [2.05, 4.69) is 11.1 Å². The Labute approximate surface area is 96.1 Å². The fraction of sp³-hybridized carbons (Fsp3) is 0.538. The average Bonchev–Trinajstić information content (AvgIpc) is 2.72. The topological polar surface area (TPSA) is 56.0 Å². The van der Waals surface area contributed by atoms with Crippen molar-refractivity contribution in [2.24, 2.45) is 5.73 Å². The van der Waals surface area contributed by atoms with Gasteiger partial charge in [-0.1, -0.05) is 13.0 Å². The van der Waals surface area contributed by atoms with Gasteiger partial charge in [0, 0.05) is 18.7 Å². The van der Waals surface area contributed by atoms with Gasteiger partial charge in [0.05, 0.1) is 11.6 Å². The fourth-order valence-corrected chi connectivity index (χ4v) is 2.27. The van der Waals surface area contributed by atoms with E-state index in [-0.39, 0.29) is 17.7 Å². The van der Waals surface area contributed by atoms with Crippen LogP contribution in [0, 0.1) is 0 Å². The van der Waals surface area contributed by atoms with Crippen LogP contribution in [0.1, 0.15) is 43.4 Å². The first kappa shape index (κ1) is 11.3. The summed E-state index contributed by atoms with van der Waals surface area (Å²) < 4.78 is 0. The molecule has 3 heteroatoms. The number of carbonyl (C=O) groups excluding carboxylic acids is 1. The Balaban J connectivity index is 2.10. The minimum absolute atomic E-state index is 0.000243. The maximum atomic E-state index is 12.1. The van der Waals surface area contributed by atoms with Crippen LogP contribution in [0.25, 0.3) is 0 Å². The molecule has 0 aliphatic heterocycles. The van der Waals surface area contributed by atoms with Gasteiger partial charge in [0.1, 0.15) is 5.78 Å². The lowest BCUT2D eigenvalue weighted by Crippen LogP contribution is -2.25. The molecule has 2 atom stereocenters. The lowest BCUT2D eigenvalue weighted by atomic mass is 9.95. The van der Waals surface area contributed by atoms with E-state index in [9.17, 15) is 4.79 Å². The van der Waals surface area contributed by atoms with Crippen LogP contribution in [0.15, 0.2) is 18.3 Å². The number of carbonyl (C=O) groups is 1. The number of rotatable bonds is 4. The number of nitrogens with two attached hydrogens (primary N) is 1. The van der Waals surface area contributed by atoms with Gasteiger partial charge in [0.25, 0.3) is 0 Å². The molecule has 16 heavy (non-hydrogen) atoms. The maximum Gasteiger partial charge on any atom is 0.143 e. The van der Waals surface area contributed by atoms with Crippen molar-refractivity contribution >= 4 is 5.78 Å². The minimum atomic E-state index is -0.00574. The molecule has 0 spiro atoms. The highest BCUT2D eigenvalue weighted by atomic mass is 16.1. The molecular weight excluding hydrogens is 200 g/mol. The van der Waals surface area contributed by atoms with Crippen molar-refractivity contribution in [3.63, 3.8) is 0 Å². The van der Waals surface area contributed by atoms with E-state index in [4.69, 9.17) is 5.73 Å². The van der Waals surface area contributed by atoms with Gasteiger partial charge in [-0.2, -0.15) is 0 Å². The molecule has 3 nitrogen and oxygen atoms in total. The van der Waals surface area contributed by atoms with Crippen LogP contribution in [-0.2, 0) is 11.2 Å². The van der Waals surface area contributed by atoms with Crippen molar-refractivity contribution in [2.75, 3.05) is 0 Å². The summed E-state index contributed by atoms with van der Waals surface area (Å²) in [5.74, 6) is 0.251. The molecule has 1 aromatic rings. The Kier molecular flexibility index (Phi) is 3.34. The molecule has 1 aliphatic carbocycles. The summed E-state index contributed by atoms with van der Waals surface area (Å²) in [6, 6.07) is 4.00. The molecular formula is C13H18N2O. The normalized spacial score (nSPS) is 20.5. The third kappa shape index (κ3) is 2.14. The van der Waals surface area contributed by atoms with Gasteiger partial charge < -0.3 is 5.73 Å². The van der Waals surface area contributed by atoms with Gasteiger partial charge in [-0.25, -0.2) is 0 Å². The number of aryl methyl sites for hydroxylation is 1. The summed E-state index contributed by atoms with van der Waals surface area (Å²) in [4.78, 5) is 16.4. The Morgan fingerprint density at radius 3 is 3.25 bits per heavy atom. The van der Waals surface area contributed by atoms with E-state index in [1.54, 1.807) is 6.20 Å². The first-order valence-corrected chi connectivity index (χ1v) is 5.94. The number of nitrogens with zero attached hydrogens (tertiary/aromatic N) is 1. The summed E-state index contributed by atoms with van der Waals surface area (Å²) >= 11 is 0. The van der Waals surface area contributed by atoms with Gasteiger partial charge in [-0.05, 0) is 30.9 Å². The molecule has 0 aromatic carbocycles. The third-order valence-corrected chi connectivity index (χ3v) is 3.33. The second kappa shape index (κ2) is 4.74. The molecule has 0 bridgehead atoms. The maximum absolute atomic E-state index is 12.1. The molecule has 0 amide bonds. The SMILES string of the molecule is CCC(N)CC(=O)C1CCc2cccnc21. The van der Waals surface area contributed by atoms with Gasteiger partial charge in [-0.3, -0.25) is 9.78 Å². The molecule has 0 saturated carbocycles. The van der Waals surface area contributed by atoms with Crippen LogP contribution in [0.5, 0.6) is 0 Å². The molecule has 1 heterocycles. The van der Waals surface area contributed by atoms with E-state index in [1.165, 1.54) is 5.56 Å². The summed E-state index contributed by atoms with van der Waals surface area (Å²) in [5, 5.41) is 0. The van der Waals surface area contributed by atoms with Crippen LogP contribution in [0.2, 0.25) is 0 Å². The van der Waals surface area contributed by atoms with Gasteiger partial charge in [-0.15, -0.1) is 0 Å². The smallest absolute Gasteiger partial charge is 0.143 e. The largest absolute Gasteiger partial charge is 0.327 e. The predicted octanol–water partition coefficient (Wildman–Crippen LogP) is 1.81. The number of hydrogen-bond donors (Lipinski definition) is 1. The van der Waals surface area contributed by atoms with Crippen LogP contribution < -0.4 is 5.73 Å². The monoisotopic (exact) mass is 218 g/mol. The Hall–Kier alpha value is -1.22. The molecule has 2 rings (SSSR count). The zero-order valence-electron chi connectivity index (χ0n) is 9.65. The van der Waals surface area contributed by atoms with Gasteiger partial charge >= 0.3 is 0 Å². The zero-order valence-corrected chi connectivity index (χ0v) is 9.65. The molecule has 86 valence electrons. The second-order valence-electron chi connectivity index (χ2n) is 4.48. The van der Waals surface area contributed by atoms with Crippen LogP contribution in [0.3, 0.4) is 0 Å². The predicted molar refractivity (Wildman–Crippen MR) is 63.2 cm³/mol. The Morgan fingerprint density at radius 1 is 1.69 bits per heavy atom. The lowest BCUT2D eigenvalue weighted by Gasteiger charge is -2.12. The highest BCUT2D eigenvalue weighted by molar-refractivity contribution is 5.86. The summed E-state index contributed by atoms with van der Waals surface area (Å²) in [6.45, 7) is 2.01. The van der Waals surface area contributed by atoms with E-state index in [1.807, 2.05) is 13.0 Å². The molecule has 0 fully saturated rings. The van der Waals surface area contributed by atoms with Crippen LogP contribution in [-0.4, -0.2) is 16.8 Å². The molecule has 0 radical (unpaired) electrons. The van der Waals surface area contributed by atoms with Gasteiger partial charge in [0.15, 0.2) is 0 Å². The first-order valence-electron chi connectivity index (χ1n) is 5.94. The number of aromatic nitrogens is 1. The van der Waals surface area contributed by atoms with Crippen molar-refractivity contribution in [1.29, 1.82) is 0 Å². The highest BCUT2D eigenvalue weighted by Gasteiger charge is 2.29. The quantitative estimate of drug-likeness (QED) is 0.838. The Bertz CT molecular complexity index is 389. The standard InChI is InChI=1S/C13H18N2O/c1-2-10(14)8-12(16)11-6-5-9-4-3-7-15-13(9)11/h3-4,7,10-11H,2,5-6,8,14H2,1H3. The number of ketones is 1. The summed E-state index contributed by atoms with van der Waals surface area (Å²) in [5.41, 5.74) is 8.03. The van der Waals surface area contributed by atoms with Gasteiger partial charge in [0.2, 0.25) is 0 Å². The number of Topliss-reactive ketones (excluding diaryl/α,β-unsaturated/α-hetero) is 1. The fourth-order valence-electron chi connectivity index (χ4n) is 2.27. The van der Waals surface area contributed by atoms with E-state index in [0.29, 0.717) is 6.42 Å². The number of hydrogen-bond acceptors (Lipinski definition) is 3. The summed E-state index contributed by atoms with van der Waals surface area (Å²) in [6.07, 6.45) is 4.98. The van der Waals surface area contributed by atoms with Crippen molar-refractivity contribution in [2.45, 2.75) is 44.6 Å². The number of pyridine rings is 1. The third-order valence-electron chi connectivity index (χ3n) is 3.33. The average molecular weight is 218 g/mol. The van der Waals surface area contributed by atoms with E-state index >= 15 is 0 Å². The molecule has 2 unspecified atom stereocenters. The number of fused-ring (bicyclic) bond motifs is 1. The summed E-state index contributed by atoms with van der Waals surface area (Å²) in [7, 11) is 0. The van der Waals surface area contributed by atoms with Crippen molar-refractivity contribution in [3.8, 4) is 0 Å². The van der Waals surface area contributed by atoms with E-state index in [0.717, 1.165) is 25.0 Å². The van der Waals surface area contributed by atoms with Crippen LogP contribution in [0.4, 0.5) is 0 Å². The molecule has 1 aliphatic rings. The Morgan fingerprint density at radius 2 is 2.50 bits per heavy atom. The van der Waals surface area contributed by atoms with Crippen molar-refractivity contribution < 1.29 is 4.79 Å². The molecule has 0 saturated heterocycles. The zero-order chi connectivity index (χ0) is 11.5. The molecule has 1 aromatic heterocycles. The van der Waals surface area contributed by atoms with E-state index < -0.39 is 0 Å². The lowest BCUT2D eigenvalue weighted by molar-refractivity contribution is -0.120. The first-order chi connectivity index (χ1) is 7.72. The van der Waals surface area contributed by atoms with Crippen molar-refractivity contribution in [3.05, 3.63) is 29.6 Å². The van der Waals surface area contributed by atoms with Crippen LogP contribution >= 0.6 is 0 Å².